The van der Waals surface area contributed by atoms with E-state index < -0.39 is 11.6 Å². The minimum absolute atomic E-state index is 0.148. The number of aromatic nitrogens is 1. The Bertz CT molecular complexity index is 527. The quantitative estimate of drug-likeness (QED) is 0.881. The van der Waals surface area contributed by atoms with Gasteiger partial charge in [0, 0.05) is 6.20 Å². The summed E-state index contributed by atoms with van der Waals surface area (Å²) in [5.41, 5.74) is 1.98. The third kappa shape index (κ3) is 2.58. The lowest BCUT2D eigenvalue weighted by Crippen LogP contribution is -2.05. The highest BCUT2D eigenvalue weighted by Gasteiger charge is 2.07. The van der Waals surface area contributed by atoms with Crippen LogP contribution in [0.2, 0.25) is 0 Å². The highest BCUT2D eigenvalue weighted by Crippen LogP contribution is 2.17. The molecule has 2 rings (SSSR count). The van der Waals surface area contributed by atoms with Crippen molar-refractivity contribution in [3.63, 3.8) is 0 Å². The van der Waals surface area contributed by atoms with Gasteiger partial charge in [-0.25, -0.2) is 8.78 Å². The molecule has 0 saturated carbocycles. The number of halogens is 2. The van der Waals surface area contributed by atoms with Crippen LogP contribution in [0, 0.1) is 18.6 Å². The van der Waals surface area contributed by atoms with Crippen LogP contribution in [0.5, 0.6) is 0 Å². The van der Waals surface area contributed by atoms with Gasteiger partial charge in [-0.3, -0.25) is 4.98 Å². The minimum Gasteiger partial charge on any atom is -0.377 e. The van der Waals surface area contributed by atoms with Gasteiger partial charge in [0.15, 0.2) is 11.6 Å². The van der Waals surface area contributed by atoms with E-state index in [4.69, 9.17) is 0 Å². The molecule has 0 spiro atoms. The lowest BCUT2D eigenvalue weighted by Gasteiger charge is -2.09. The first-order valence-electron chi connectivity index (χ1n) is 5.27. The van der Waals surface area contributed by atoms with Crippen LogP contribution < -0.4 is 5.32 Å². The first-order valence-corrected chi connectivity index (χ1v) is 5.27. The van der Waals surface area contributed by atoms with Gasteiger partial charge in [0.25, 0.3) is 0 Å². The van der Waals surface area contributed by atoms with Gasteiger partial charge in [0.05, 0.1) is 17.9 Å². The van der Waals surface area contributed by atoms with E-state index >= 15 is 0 Å². The third-order valence-corrected chi connectivity index (χ3v) is 2.52. The molecule has 17 heavy (non-hydrogen) atoms. The summed E-state index contributed by atoms with van der Waals surface area (Å²) < 4.78 is 26.3. The number of hydrogen-bond donors (Lipinski definition) is 1. The second-order valence-corrected chi connectivity index (χ2v) is 3.72. The molecular weight excluding hydrogens is 222 g/mol. The van der Waals surface area contributed by atoms with E-state index in [1.807, 2.05) is 19.1 Å². The zero-order valence-electron chi connectivity index (χ0n) is 9.37. The lowest BCUT2D eigenvalue weighted by molar-refractivity contribution is 0.511. The van der Waals surface area contributed by atoms with Crippen LogP contribution >= 0.6 is 0 Å². The van der Waals surface area contributed by atoms with E-state index in [1.165, 1.54) is 12.1 Å². The summed E-state index contributed by atoms with van der Waals surface area (Å²) in [6, 6.07) is 7.81. The van der Waals surface area contributed by atoms with Crippen LogP contribution in [0.1, 0.15) is 11.3 Å². The number of benzene rings is 1. The summed E-state index contributed by atoms with van der Waals surface area (Å²) in [5, 5.41) is 2.83. The number of nitrogens with zero attached hydrogens (tertiary/aromatic N) is 1. The molecule has 1 heterocycles. The van der Waals surface area contributed by atoms with Gasteiger partial charge in [-0.1, -0.05) is 12.1 Å². The average molecular weight is 234 g/mol. The number of anilines is 1. The number of pyridine rings is 1. The molecule has 0 aliphatic rings. The van der Waals surface area contributed by atoms with E-state index in [9.17, 15) is 8.78 Å². The van der Waals surface area contributed by atoms with Crippen molar-refractivity contribution in [2.45, 2.75) is 13.5 Å². The lowest BCUT2D eigenvalue weighted by atomic mass is 10.2. The van der Waals surface area contributed by atoms with Crippen molar-refractivity contribution in [3.8, 4) is 0 Å². The average Bonchev–Trinajstić information content (AvgIpc) is 2.33. The predicted molar refractivity (Wildman–Crippen MR) is 62.7 cm³/mol. The molecule has 88 valence electrons. The maximum atomic E-state index is 13.3. The van der Waals surface area contributed by atoms with Gasteiger partial charge in [0.1, 0.15) is 0 Å². The van der Waals surface area contributed by atoms with E-state index in [0.29, 0.717) is 6.54 Å². The Morgan fingerprint density at radius 2 is 2.00 bits per heavy atom. The highest BCUT2D eigenvalue weighted by molar-refractivity contribution is 5.45. The molecule has 2 nitrogen and oxygen atoms in total. The monoisotopic (exact) mass is 234 g/mol. The predicted octanol–water partition coefficient (Wildman–Crippen LogP) is 3.28. The molecule has 1 N–H and O–H groups in total. The largest absolute Gasteiger partial charge is 0.377 e. The van der Waals surface area contributed by atoms with Crippen LogP contribution in [0.3, 0.4) is 0 Å². The first kappa shape index (κ1) is 11.5. The summed E-state index contributed by atoms with van der Waals surface area (Å²) in [6.07, 6.45) is 1.67. The van der Waals surface area contributed by atoms with Gasteiger partial charge in [-0.15, -0.1) is 0 Å². The van der Waals surface area contributed by atoms with Crippen LogP contribution in [0.25, 0.3) is 0 Å². The molecule has 0 aliphatic carbocycles. The molecule has 0 bridgehead atoms. The van der Waals surface area contributed by atoms with Gasteiger partial charge in [0.2, 0.25) is 0 Å². The number of rotatable bonds is 3. The fourth-order valence-electron chi connectivity index (χ4n) is 1.52. The van der Waals surface area contributed by atoms with E-state index in [2.05, 4.69) is 10.3 Å². The zero-order valence-corrected chi connectivity index (χ0v) is 9.37. The third-order valence-electron chi connectivity index (χ3n) is 2.52. The second kappa shape index (κ2) is 4.91. The van der Waals surface area contributed by atoms with E-state index in [1.54, 1.807) is 6.20 Å². The molecule has 2 aromatic rings. The van der Waals surface area contributed by atoms with Crippen LogP contribution in [0.15, 0.2) is 36.5 Å². The molecule has 0 saturated heterocycles. The summed E-state index contributed by atoms with van der Waals surface area (Å²) >= 11 is 0. The van der Waals surface area contributed by atoms with Crippen molar-refractivity contribution in [1.29, 1.82) is 0 Å². The smallest absolute Gasteiger partial charge is 0.181 e. The van der Waals surface area contributed by atoms with Gasteiger partial charge in [-0.05, 0) is 30.7 Å². The van der Waals surface area contributed by atoms with Crippen molar-refractivity contribution >= 4 is 5.69 Å². The van der Waals surface area contributed by atoms with Gasteiger partial charge in [-0.2, -0.15) is 0 Å². The summed E-state index contributed by atoms with van der Waals surface area (Å²) in [6.45, 7) is 2.29. The van der Waals surface area contributed by atoms with Crippen molar-refractivity contribution < 1.29 is 8.78 Å². The van der Waals surface area contributed by atoms with E-state index in [-0.39, 0.29) is 5.69 Å². The highest BCUT2D eigenvalue weighted by atomic mass is 19.2. The maximum absolute atomic E-state index is 13.3. The van der Waals surface area contributed by atoms with Crippen molar-refractivity contribution in [2.24, 2.45) is 0 Å². The van der Waals surface area contributed by atoms with Crippen LogP contribution in [0.4, 0.5) is 14.5 Å². The summed E-state index contributed by atoms with van der Waals surface area (Å²) in [7, 11) is 0. The van der Waals surface area contributed by atoms with E-state index in [0.717, 1.165) is 17.3 Å². The molecule has 4 heteroatoms. The number of hydrogen-bond acceptors (Lipinski definition) is 2. The number of nitrogens with one attached hydrogen (secondary N) is 1. The Labute approximate surface area is 98.3 Å². The zero-order chi connectivity index (χ0) is 12.3. The first-order chi connectivity index (χ1) is 8.18. The normalized spacial score (nSPS) is 10.3. The molecule has 0 fully saturated rings. The topological polar surface area (TPSA) is 24.9 Å². The summed E-state index contributed by atoms with van der Waals surface area (Å²) in [5.74, 6) is -1.71. The second-order valence-electron chi connectivity index (χ2n) is 3.72. The Morgan fingerprint density at radius 1 is 1.18 bits per heavy atom. The Balaban J connectivity index is 2.13. The maximum Gasteiger partial charge on any atom is 0.181 e. The van der Waals surface area contributed by atoms with Crippen LogP contribution in [-0.2, 0) is 6.54 Å². The minimum atomic E-state index is -0.860. The van der Waals surface area contributed by atoms with Crippen molar-refractivity contribution in [3.05, 3.63) is 59.4 Å². The molecule has 0 aliphatic heterocycles. The molecule has 0 unspecified atom stereocenters. The molecule has 1 aromatic carbocycles. The molecule has 1 aromatic heterocycles. The fraction of sp³-hybridized carbons (Fsp3) is 0.154. The molecule has 0 atom stereocenters. The SMILES string of the molecule is Cc1cccnc1CNc1cccc(F)c1F. The molecule has 0 radical (unpaired) electrons. The molecule has 0 amide bonds. The molecular formula is C13H12F2N2. The Morgan fingerprint density at radius 3 is 2.76 bits per heavy atom. The van der Waals surface area contributed by atoms with Crippen LogP contribution in [-0.4, -0.2) is 4.98 Å². The number of aryl methyl sites for hydroxylation is 1. The summed E-state index contributed by atoms with van der Waals surface area (Å²) in [4.78, 5) is 4.17. The van der Waals surface area contributed by atoms with Crippen molar-refractivity contribution in [2.75, 3.05) is 5.32 Å². The van der Waals surface area contributed by atoms with Gasteiger partial charge < -0.3 is 5.32 Å². The fourth-order valence-corrected chi connectivity index (χ4v) is 1.52. The Kier molecular flexibility index (Phi) is 3.32. The van der Waals surface area contributed by atoms with Gasteiger partial charge >= 0.3 is 0 Å². The Hall–Kier alpha value is -1.97. The van der Waals surface area contributed by atoms with Crippen molar-refractivity contribution in [1.82, 2.24) is 4.98 Å². The standard InChI is InChI=1S/C13H12F2N2/c1-9-4-3-7-16-12(9)8-17-11-6-2-5-10(14)13(11)15/h2-7,17H,8H2,1H3.